The van der Waals surface area contributed by atoms with E-state index >= 15 is 0 Å². The van der Waals surface area contributed by atoms with E-state index in [0.29, 0.717) is 10.8 Å². The van der Waals surface area contributed by atoms with Crippen molar-refractivity contribution in [3.63, 3.8) is 0 Å². The highest BCUT2D eigenvalue weighted by Gasteiger charge is 2.01. The highest BCUT2D eigenvalue weighted by molar-refractivity contribution is 9.10. The fourth-order valence-corrected chi connectivity index (χ4v) is 2.15. The first kappa shape index (κ1) is 15.0. The Kier molecular flexibility index (Phi) is 5.27. The Labute approximate surface area is 133 Å². The van der Waals surface area contributed by atoms with Crippen molar-refractivity contribution in [3.8, 4) is 12.1 Å². The van der Waals surface area contributed by atoms with E-state index in [0.717, 1.165) is 9.37 Å². The highest BCUT2D eigenvalue weighted by Crippen LogP contribution is 2.25. The van der Waals surface area contributed by atoms with Gasteiger partial charge in [0.05, 0.1) is 10.2 Å². The van der Waals surface area contributed by atoms with Crippen LogP contribution in [0.3, 0.4) is 0 Å². The first-order valence-corrected chi connectivity index (χ1v) is 7.21. The van der Waals surface area contributed by atoms with Crippen LogP contribution in [0.5, 0.6) is 0 Å². The number of nitriles is 2. The summed E-state index contributed by atoms with van der Waals surface area (Å²) >= 11 is 4.71. The van der Waals surface area contributed by atoms with Crippen LogP contribution in [0.1, 0.15) is 0 Å². The fraction of sp³-hybridized carbons (Fsp3) is 0. The van der Waals surface area contributed by atoms with Crippen molar-refractivity contribution in [2.45, 2.75) is 10.1 Å². The van der Waals surface area contributed by atoms with Gasteiger partial charge in [-0.3, -0.25) is 5.43 Å². The molecule has 0 radical (unpaired) electrons. The van der Waals surface area contributed by atoms with Crippen molar-refractivity contribution in [1.29, 1.82) is 10.5 Å². The Morgan fingerprint density at radius 1 is 1.14 bits per heavy atom. The third-order valence-corrected chi connectivity index (χ3v) is 3.48. The maximum absolute atomic E-state index is 8.57. The number of benzene rings is 1. The average molecular weight is 359 g/mol. The van der Waals surface area contributed by atoms with Crippen LogP contribution in [0, 0.1) is 22.7 Å². The molecule has 1 N–H and O–H groups in total. The Hall–Kier alpha value is -2.42. The number of halogens is 1. The Morgan fingerprint density at radius 3 is 2.33 bits per heavy atom. The van der Waals surface area contributed by atoms with Crippen LogP contribution in [0.2, 0.25) is 0 Å². The summed E-state index contributed by atoms with van der Waals surface area (Å²) in [5.41, 5.74) is 3.10. The maximum atomic E-state index is 8.57. The molecular weight excluding hydrogens is 352 g/mol. The number of rotatable bonds is 4. The van der Waals surface area contributed by atoms with Gasteiger partial charge in [-0.1, -0.05) is 0 Å². The SMILES string of the molecule is N#CC(C#N)=NNc1ccc(Sc2ncc(Br)cn2)cc1. The molecule has 0 aliphatic rings. The van der Waals surface area contributed by atoms with Crippen molar-refractivity contribution in [3.05, 3.63) is 41.1 Å². The van der Waals surface area contributed by atoms with Crippen molar-refractivity contribution in [2.75, 3.05) is 5.43 Å². The van der Waals surface area contributed by atoms with E-state index in [1.165, 1.54) is 11.8 Å². The van der Waals surface area contributed by atoms with Crippen molar-refractivity contribution in [2.24, 2.45) is 5.10 Å². The molecule has 8 heteroatoms. The Balaban J connectivity index is 2.03. The van der Waals surface area contributed by atoms with Crippen LogP contribution in [-0.4, -0.2) is 15.7 Å². The molecule has 1 heterocycles. The van der Waals surface area contributed by atoms with Gasteiger partial charge in [0.25, 0.3) is 0 Å². The third kappa shape index (κ3) is 4.56. The molecule has 0 amide bonds. The summed E-state index contributed by atoms with van der Waals surface area (Å²) in [6.07, 6.45) is 3.37. The number of aromatic nitrogens is 2. The first-order valence-electron chi connectivity index (χ1n) is 5.60. The molecular formula is C13H7BrN6S. The van der Waals surface area contributed by atoms with E-state index in [2.05, 4.69) is 36.4 Å². The molecule has 21 heavy (non-hydrogen) atoms. The van der Waals surface area contributed by atoms with Crippen LogP contribution in [-0.2, 0) is 0 Å². The Morgan fingerprint density at radius 2 is 1.76 bits per heavy atom. The predicted molar refractivity (Wildman–Crippen MR) is 82.6 cm³/mol. The lowest BCUT2D eigenvalue weighted by atomic mass is 10.3. The minimum absolute atomic E-state index is 0.225. The van der Waals surface area contributed by atoms with Gasteiger partial charge in [0.1, 0.15) is 12.1 Å². The number of hydrogen-bond acceptors (Lipinski definition) is 7. The smallest absolute Gasteiger partial charge is 0.237 e. The van der Waals surface area contributed by atoms with Gasteiger partial charge in [-0.2, -0.15) is 15.6 Å². The minimum atomic E-state index is -0.225. The summed E-state index contributed by atoms with van der Waals surface area (Å²) < 4.78 is 0.829. The quantitative estimate of drug-likeness (QED) is 0.511. The maximum Gasteiger partial charge on any atom is 0.237 e. The zero-order valence-electron chi connectivity index (χ0n) is 10.5. The van der Waals surface area contributed by atoms with Gasteiger partial charge in [0.2, 0.25) is 5.71 Å². The fourth-order valence-electron chi connectivity index (χ4n) is 1.25. The van der Waals surface area contributed by atoms with Crippen LogP contribution in [0.4, 0.5) is 5.69 Å². The summed E-state index contributed by atoms with van der Waals surface area (Å²) in [6.45, 7) is 0. The molecule has 0 aliphatic carbocycles. The van der Waals surface area contributed by atoms with E-state index in [9.17, 15) is 0 Å². The lowest BCUT2D eigenvalue weighted by molar-refractivity contribution is 0.958. The molecule has 0 fully saturated rings. The minimum Gasteiger partial charge on any atom is -0.277 e. The molecule has 1 aromatic heterocycles. The number of nitrogens with zero attached hydrogens (tertiary/aromatic N) is 5. The molecule has 0 saturated heterocycles. The standard InChI is InChI=1S/C13H7BrN6S/c14-9-7-17-13(18-8-9)21-12-3-1-10(2-4-12)19-20-11(5-15)6-16/h1-4,7-8,19H. The predicted octanol–water partition coefficient (Wildman–Crippen LogP) is 3.21. The van der Waals surface area contributed by atoms with Gasteiger partial charge in [-0.25, -0.2) is 9.97 Å². The van der Waals surface area contributed by atoms with Crippen molar-refractivity contribution >= 4 is 39.1 Å². The molecule has 0 atom stereocenters. The number of anilines is 1. The van der Waals surface area contributed by atoms with E-state index in [4.69, 9.17) is 10.5 Å². The second-order valence-corrected chi connectivity index (χ2v) is 5.56. The molecule has 0 spiro atoms. The monoisotopic (exact) mass is 358 g/mol. The van der Waals surface area contributed by atoms with Crippen LogP contribution >= 0.6 is 27.7 Å². The molecule has 102 valence electrons. The first-order chi connectivity index (χ1) is 10.2. The van der Waals surface area contributed by atoms with Crippen molar-refractivity contribution < 1.29 is 0 Å². The zero-order valence-corrected chi connectivity index (χ0v) is 12.9. The second-order valence-electron chi connectivity index (χ2n) is 3.61. The number of hydrazone groups is 1. The topological polar surface area (TPSA) is 97.8 Å². The van der Waals surface area contributed by atoms with Crippen LogP contribution in [0.25, 0.3) is 0 Å². The molecule has 2 aromatic rings. The number of nitrogens with one attached hydrogen (secondary N) is 1. The zero-order chi connectivity index (χ0) is 15.1. The van der Waals surface area contributed by atoms with Gasteiger partial charge >= 0.3 is 0 Å². The van der Waals surface area contributed by atoms with E-state index in [1.807, 2.05) is 12.1 Å². The highest BCUT2D eigenvalue weighted by atomic mass is 79.9. The summed E-state index contributed by atoms with van der Waals surface area (Å²) in [5, 5.41) is 21.4. The molecule has 1 aromatic carbocycles. The summed E-state index contributed by atoms with van der Waals surface area (Å²) in [5.74, 6) is 0. The lowest BCUT2D eigenvalue weighted by Gasteiger charge is -2.02. The second kappa shape index (κ2) is 7.39. The number of hydrogen-bond donors (Lipinski definition) is 1. The lowest BCUT2D eigenvalue weighted by Crippen LogP contribution is -1.96. The summed E-state index contributed by atoms with van der Waals surface area (Å²) in [4.78, 5) is 9.31. The molecule has 0 saturated carbocycles. The van der Waals surface area contributed by atoms with Gasteiger partial charge in [0, 0.05) is 17.3 Å². The molecule has 0 aliphatic heterocycles. The van der Waals surface area contributed by atoms with E-state index in [-0.39, 0.29) is 5.71 Å². The van der Waals surface area contributed by atoms with Gasteiger partial charge in [-0.05, 0) is 52.0 Å². The normalized spacial score (nSPS) is 9.29. The molecule has 6 nitrogen and oxygen atoms in total. The summed E-state index contributed by atoms with van der Waals surface area (Å²) in [6, 6.07) is 10.7. The average Bonchev–Trinajstić information content (AvgIpc) is 2.52. The largest absolute Gasteiger partial charge is 0.277 e. The molecule has 2 rings (SSSR count). The molecule has 0 unspecified atom stereocenters. The van der Waals surface area contributed by atoms with Crippen molar-refractivity contribution in [1.82, 2.24) is 9.97 Å². The molecule has 0 bridgehead atoms. The van der Waals surface area contributed by atoms with Crippen LogP contribution in [0.15, 0.2) is 56.3 Å². The van der Waals surface area contributed by atoms with E-state index < -0.39 is 0 Å². The van der Waals surface area contributed by atoms with Gasteiger partial charge in [0.15, 0.2) is 5.16 Å². The van der Waals surface area contributed by atoms with Gasteiger partial charge in [-0.15, -0.1) is 0 Å². The van der Waals surface area contributed by atoms with Gasteiger partial charge < -0.3 is 0 Å². The third-order valence-electron chi connectivity index (χ3n) is 2.17. The van der Waals surface area contributed by atoms with E-state index in [1.54, 1.807) is 36.7 Å². The summed E-state index contributed by atoms with van der Waals surface area (Å²) in [7, 11) is 0. The Bertz CT molecular complexity index is 711. The van der Waals surface area contributed by atoms with Crippen LogP contribution < -0.4 is 5.43 Å².